The van der Waals surface area contributed by atoms with Gasteiger partial charge in [-0.15, -0.1) is 0 Å². The fourth-order valence-corrected chi connectivity index (χ4v) is 0.116. The van der Waals surface area contributed by atoms with Crippen molar-refractivity contribution in [3.05, 3.63) is 0 Å². The van der Waals surface area contributed by atoms with Crippen molar-refractivity contribution >= 4 is 5.97 Å². The first-order chi connectivity index (χ1) is 6.46. The van der Waals surface area contributed by atoms with Gasteiger partial charge in [-0.3, -0.25) is 0 Å². The van der Waals surface area contributed by atoms with Crippen molar-refractivity contribution in [2.24, 2.45) is 0 Å². The van der Waals surface area contributed by atoms with Crippen molar-refractivity contribution in [2.45, 2.75) is 38.6 Å². The van der Waals surface area contributed by atoms with Crippen molar-refractivity contribution < 1.29 is 29.6 Å². The number of halogens is 3. The quantitative estimate of drug-likeness (QED) is 0.689. The van der Waals surface area contributed by atoms with Gasteiger partial charge >= 0.3 is 7.60 Å². The average Bonchev–Trinajstić information content (AvgIpc) is 2.03. The second-order valence-corrected chi connectivity index (χ2v) is 3.30. The molecule has 0 bridgehead atoms. The molecule has 0 rings (SSSR count). The van der Waals surface area contributed by atoms with E-state index in [-0.39, 0.29) is 8.35 Å². The molecule has 0 saturated heterocycles. The van der Waals surface area contributed by atoms with Crippen molar-refractivity contribution in [3.8, 4) is 0 Å². The van der Waals surface area contributed by atoms with Crippen molar-refractivity contribution in [1.82, 2.24) is 5.32 Å². The second-order valence-electron chi connectivity index (χ2n) is 3.30. The molecule has 0 aromatic carbocycles. The Labute approximate surface area is 87.6 Å². The van der Waals surface area contributed by atoms with Crippen LogP contribution in [0.3, 0.4) is 0 Å². The fraction of sp³-hybridized carbons (Fsp3) is 0.875. The largest absolute Gasteiger partial charge is 1.00 e. The number of hydrogen-bond acceptors (Lipinski definition) is 4. The number of carboxylic acid groups (broad SMARTS) is 1. The Kier molecular flexibility index (Phi) is 6.55. The maximum Gasteiger partial charge on any atom is 1.00 e. The molecule has 0 aliphatic carbocycles. The molecular weight excluding hydrogens is 215 g/mol. The minimum Gasteiger partial charge on any atom is -0.547 e. The number of carbonyl (C=O) groups is 1. The van der Waals surface area contributed by atoms with E-state index in [1.54, 1.807) is 0 Å². The van der Waals surface area contributed by atoms with Gasteiger partial charge in [0, 0.05) is 6.04 Å². The number of carboxylic acids is 1. The Hall–Kier alpha value is -0.820. The van der Waals surface area contributed by atoms with Crippen LogP contribution in [0.25, 0.3) is 0 Å². The first-order valence-corrected chi connectivity index (χ1v) is 4.14. The van der Waals surface area contributed by atoms with E-state index < -0.39 is 17.7 Å². The number of nitrogens with one attached hydrogen (secondary N) is 1. The summed E-state index contributed by atoms with van der Waals surface area (Å²) < 4.78 is 34.2. The molecule has 2 N–H and O–H groups in total. The van der Waals surface area contributed by atoms with Crippen molar-refractivity contribution in [3.63, 3.8) is 0 Å². The maximum absolute atomic E-state index is 11.4. The lowest BCUT2D eigenvalue weighted by Crippen LogP contribution is -2.56. The highest BCUT2D eigenvalue weighted by atomic mass is 19.4. The van der Waals surface area contributed by atoms with Gasteiger partial charge in [-0.25, -0.2) is 0 Å². The summed E-state index contributed by atoms with van der Waals surface area (Å²) in [4.78, 5) is 9.59. The van der Waals surface area contributed by atoms with Gasteiger partial charge in [0.05, 0.1) is 5.97 Å². The molecular formula is C8H16F3NO3. The minimum absolute atomic E-state index is 0. The Morgan fingerprint density at radius 1 is 1.47 bits per heavy atom. The molecule has 0 aromatic rings. The van der Waals surface area contributed by atoms with Gasteiger partial charge in [0.1, 0.15) is 0 Å². The highest BCUT2D eigenvalue weighted by Crippen LogP contribution is 2.28. The van der Waals surface area contributed by atoms with Gasteiger partial charge in [-0.2, -0.15) is 13.2 Å². The number of alkyl halides is 3. The summed E-state index contributed by atoms with van der Waals surface area (Å²) in [5.74, 6) is -2.56. The van der Waals surface area contributed by atoms with Crippen LogP contribution < -0.4 is 10.4 Å². The Balaban J connectivity index is -0.000000242. The van der Waals surface area contributed by atoms with E-state index in [9.17, 15) is 23.1 Å². The summed E-state index contributed by atoms with van der Waals surface area (Å²) in [6, 6.07) is 0.634. The lowest BCUT2D eigenvalue weighted by atomic mass is 10.1. The van der Waals surface area contributed by atoms with Gasteiger partial charge in [0.25, 0.3) is 0 Å². The Morgan fingerprint density at radius 3 is 1.73 bits per heavy atom. The standard InChI is InChI=1S/C4H5F3O3.C4H11N/c1-3(10,2(8)9)4(5,6)7;1-4(2)5-3/h10H,1H3,(H,8,9);4-5H,1-3H3. The molecule has 92 valence electrons. The molecule has 0 spiro atoms. The van der Waals surface area contributed by atoms with E-state index in [0.29, 0.717) is 6.04 Å². The summed E-state index contributed by atoms with van der Waals surface area (Å²) in [5, 5.41) is 20.8. The molecule has 15 heavy (non-hydrogen) atoms. The minimum atomic E-state index is -5.19. The summed E-state index contributed by atoms with van der Waals surface area (Å²) in [6.45, 7) is 4.34. The number of carbonyl (C=O) groups excluding carboxylic acids is 1. The summed E-state index contributed by atoms with van der Waals surface area (Å²) in [7, 11) is 1.95. The molecule has 1 atom stereocenters. The first kappa shape index (κ1) is 16.6. The summed E-state index contributed by atoms with van der Waals surface area (Å²) in [6.07, 6.45) is -5.19. The van der Waals surface area contributed by atoms with Crippen LogP contribution in [-0.2, 0) is 4.79 Å². The van der Waals surface area contributed by atoms with Crippen molar-refractivity contribution in [1.29, 1.82) is 0 Å². The van der Waals surface area contributed by atoms with E-state index in [1.165, 1.54) is 0 Å². The molecule has 0 amide bonds. The SMILES string of the molecule is CC(O)(C(=O)[O-])C(F)(F)F.CNC(C)C.[H+]. The number of hydrogen-bond donors (Lipinski definition) is 2. The van der Waals surface area contributed by atoms with E-state index in [2.05, 4.69) is 19.2 Å². The molecule has 7 heteroatoms. The van der Waals surface area contributed by atoms with Gasteiger partial charge in [0.15, 0.2) is 5.60 Å². The molecule has 0 saturated carbocycles. The lowest BCUT2D eigenvalue weighted by molar-refractivity contribution is -0.351. The molecule has 0 aliphatic rings. The molecule has 0 aliphatic heterocycles. The zero-order chi connectivity index (χ0) is 12.9. The summed E-state index contributed by atoms with van der Waals surface area (Å²) in [5.41, 5.74) is -3.76. The highest BCUT2D eigenvalue weighted by Gasteiger charge is 2.51. The van der Waals surface area contributed by atoms with Gasteiger partial charge in [-0.05, 0) is 14.0 Å². The molecule has 0 radical (unpaired) electrons. The third kappa shape index (κ3) is 6.29. The summed E-state index contributed by atoms with van der Waals surface area (Å²) >= 11 is 0. The van der Waals surface area contributed by atoms with E-state index >= 15 is 0 Å². The fourth-order valence-electron chi connectivity index (χ4n) is 0.116. The second kappa shape index (κ2) is 5.92. The predicted octanol–water partition coefficient (Wildman–Crippen LogP) is -0.224. The van der Waals surface area contributed by atoms with Crippen LogP contribution in [0.1, 0.15) is 22.2 Å². The zero-order valence-corrected chi connectivity index (χ0v) is 8.97. The van der Waals surface area contributed by atoms with E-state index in [1.807, 2.05) is 7.05 Å². The van der Waals surface area contributed by atoms with Crippen LogP contribution in [0.2, 0.25) is 0 Å². The molecule has 1 unspecified atom stereocenters. The van der Waals surface area contributed by atoms with Crippen LogP contribution >= 0.6 is 0 Å². The lowest BCUT2D eigenvalue weighted by Gasteiger charge is -2.26. The third-order valence-electron chi connectivity index (χ3n) is 1.53. The number of aliphatic carboxylic acids is 1. The normalized spacial score (nSPS) is 15.3. The third-order valence-corrected chi connectivity index (χ3v) is 1.53. The Bertz CT molecular complexity index is 207. The molecule has 4 nitrogen and oxygen atoms in total. The van der Waals surface area contributed by atoms with Crippen LogP contribution in [0.4, 0.5) is 13.2 Å². The molecule has 0 fully saturated rings. The van der Waals surface area contributed by atoms with E-state index in [0.717, 1.165) is 0 Å². The first-order valence-electron chi connectivity index (χ1n) is 4.14. The van der Waals surface area contributed by atoms with Gasteiger partial charge < -0.3 is 20.3 Å². The predicted molar refractivity (Wildman–Crippen MR) is 47.0 cm³/mol. The van der Waals surface area contributed by atoms with Gasteiger partial charge in [0.2, 0.25) is 0 Å². The monoisotopic (exact) mass is 231 g/mol. The molecule has 0 aromatic heterocycles. The van der Waals surface area contributed by atoms with Gasteiger partial charge in [-0.1, -0.05) is 13.8 Å². The topological polar surface area (TPSA) is 72.4 Å². The Morgan fingerprint density at radius 2 is 1.73 bits per heavy atom. The van der Waals surface area contributed by atoms with Crippen molar-refractivity contribution in [2.75, 3.05) is 7.05 Å². The number of rotatable bonds is 2. The number of aliphatic hydroxyl groups is 1. The van der Waals surface area contributed by atoms with Crippen LogP contribution in [0, 0.1) is 0 Å². The average molecular weight is 231 g/mol. The highest BCUT2D eigenvalue weighted by molar-refractivity contribution is 5.75. The smallest absolute Gasteiger partial charge is 0.547 e. The van der Waals surface area contributed by atoms with Crippen LogP contribution in [0.15, 0.2) is 0 Å². The zero-order valence-electron chi connectivity index (χ0n) is 9.97. The van der Waals surface area contributed by atoms with E-state index in [4.69, 9.17) is 5.11 Å². The maximum atomic E-state index is 11.4. The van der Waals surface area contributed by atoms with Crippen LogP contribution in [-0.4, -0.2) is 35.9 Å². The molecule has 0 heterocycles. The van der Waals surface area contributed by atoms with Crippen LogP contribution in [0.5, 0.6) is 0 Å².